The molecule has 1 aliphatic rings. The topological polar surface area (TPSA) is 96.0 Å². The van der Waals surface area contributed by atoms with Crippen LogP contribution in [0.4, 0.5) is 0 Å². The molecular weight excluding hydrogens is 458 g/mol. The van der Waals surface area contributed by atoms with Gasteiger partial charge in [-0.3, -0.25) is 19.3 Å². The second-order valence-corrected chi connectivity index (χ2v) is 9.07. The van der Waals surface area contributed by atoms with Gasteiger partial charge in [0, 0.05) is 27.1 Å². The highest BCUT2D eigenvalue weighted by molar-refractivity contribution is 6.04. The van der Waals surface area contributed by atoms with E-state index < -0.39 is 11.9 Å². The van der Waals surface area contributed by atoms with Crippen LogP contribution in [-0.4, -0.2) is 67.4 Å². The molecule has 1 heterocycles. The summed E-state index contributed by atoms with van der Waals surface area (Å²) in [6.45, 7) is 3.48. The number of nitrogens with zero attached hydrogens (tertiary/aromatic N) is 2. The highest BCUT2D eigenvalue weighted by atomic mass is 16.5. The maximum Gasteiger partial charge on any atom is 0.255 e. The number of aldehydes is 2. The number of rotatable bonds is 12. The van der Waals surface area contributed by atoms with Crippen LogP contribution in [0.1, 0.15) is 63.9 Å². The lowest BCUT2D eigenvalue weighted by molar-refractivity contribution is -0.125. The van der Waals surface area contributed by atoms with Gasteiger partial charge >= 0.3 is 0 Å². The van der Waals surface area contributed by atoms with Gasteiger partial charge in [-0.05, 0) is 55.6 Å². The molecular formula is C28H35N3O5. The summed E-state index contributed by atoms with van der Waals surface area (Å²) in [4.78, 5) is 52.0. The molecule has 3 rings (SSSR count). The predicted molar refractivity (Wildman–Crippen MR) is 137 cm³/mol. The fourth-order valence-corrected chi connectivity index (χ4v) is 4.48. The van der Waals surface area contributed by atoms with Gasteiger partial charge in [0.05, 0.1) is 11.1 Å². The molecule has 1 unspecified atom stereocenters. The fraction of sp³-hybridized carbons (Fsp3) is 0.429. The van der Waals surface area contributed by atoms with E-state index in [-0.39, 0.29) is 36.5 Å². The zero-order valence-electron chi connectivity index (χ0n) is 21.1. The minimum Gasteiger partial charge on any atom is -0.488 e. The Morgan fingerprint density at radius 2 is 1.75 bits per heavy atom. The van der Waals surface area contributed by atoms with Crippen LogP contribution in [0, 0.1) is 0 Å². The first-order valence-electron chi connectivity index (χ1n) is 12.4. The molecule has 8 heteroatoms. The van der Waals surface area contributed by atoms with E-state index >= 15 is 0 Å². The fourth-order valence-electron chi connectivity index (χ4n) is 4.48. The van der Waals surface area contributed by atoms with Gasteiger partial charge in [-0.25, -0.2) is 0 Å². The Balaban J connectivity index is 1.69. The molecule has 0 saturated carbocycles. The Hall–Kier alpha value is -3.52. The highest BCUT2D eigenvalue weighted by Crippen LogP contribution is 2.24. The van der Waals surface area contributed by atoms with Crippen molar-refractivity contribution in [2.75, 3.05) is 27.2 Å². The van der Waals surface area contributed by atoms with Crippen LogP contribution in [0.15, 0.2) is 42.5 Å². The standard InChI is InChI=1S/C28H35N3O5/c1-29-27(34)25(9-7-17-32)30(2)28(35)23-8-6-10-26(24(23)19-33)36-20-22-13-11-21(12-14-22)18-31-15-4-3-5-16-31/h6,8,10-14,17,19,25H,3-5,7,9,15-16,18,20H2,1-2H3,(H,29,34). The average molecular weight is 494 g/mol. The largest absolute Gasteiger partial charge is 0.488 e. The lowest BCUT2D eigenvalue weighted by Gasteiger charge is -2.27. The maximum atomic E-state index is 13.2. The van der Waals surface area contributed by atoms with Crippen LogP contribution in [0.3, 0.4) is 0 Å². The number of ether oxygens (including phenoxy) is 1. The number of carbonyl (C=O) groups excluding carboxylic acids is 4. The molecule has 0 aromatic heterocycles. The molecule has 2 aromatic carbocycles. The summed E-state index contributed by atoms with van der Waals surface area (Å²) in [6, 6.07) is 12.2. The van der Waals surface area contributed by atoms with Crippen molar-refractivity contribution in [1.29, 1.82) is 0 Å². The van der Waals surface area contributed by atoms with Crippen molar-refractivity contribution >= 4 is 24.4 Å². The van der Waals surface area contributed by atoms with Gasteiger partial charge in [0.1, 0.15) is 24.7 Å². The Morgan fingerprint density at radius 1 is 1.06 bits per heavy atom. The van der Waals surface area contributed by atoms with Crippen LogP contribution in [0.2, 0.25) is 0 Å². The normalized spacial score (nSPS) is 14.5. The number of likely N-dealkylation sites (tertiary alicyclic amines) is 1. The number of likely N-dealkylation sites (N-methyl/N-ethyl adjacent to an activating group) is 2. The molecule has 2 amide bonds. The summed E-state index contributed by atoms with van der Waals surface area (Å²) < 4.78 is 5.93. The van der Waals surface area contributed by atoms with E-state index in [0.29, 0.717) is 18.3 Å². The van der Waals surface area contributed by atoms with Crippen molar-refractivity contribution in [3.05, 3.63) is 64.7 Å². The van der Waals surface area contributed by atoms with Crippen molar-refractivity contribution in [2.24, 2.45) is 0 Å². The molecule has 0 bridgehead atoms. The zero-order valence-corrected chi connectivity index (χ0v) is 21.1. The predicted octanol–water partition coefficient (Wildman–Crippen LogP) is 3.23. The van der Waals surface area contributed by atoms with Gasteiger partial charge in [0.25, 0.3) is 5.91 Å². The molecule has 1 aliphatic heterocycles. The average Bonchev–Trinajstić information content (AvgIpc) is 2.92. The Kier molecular flexibility index (Phi) is 10.2. The highest BCUT2D eigenvalue weighted by Gasteiger charge is 2.28. The third kappa shape index (κ3) is 7.01. The van der Waals surface area contributed by atoms with E-state index in [0.717, 1.165) is 25.2 Å². The zero-order chi connectivity index (χ0) is 25.9. The number of hydrogen-bond donors (Lipinski definition) is 1. The minimum atomic E-state index is -0.833. The maximum absolute atomic E-state index is 13.2. The van der Waals surface area contributed by atoms with Crippen molar-refractivity contribution < 1.29 is 23.9 Å². The van der Waals surface area contributed by atoms with E-state index in [9.17, 15) is 19.2 Å². The molecule has 1 atom stereocenters. The number of piperidine rings is 1. The smallest absolute Gasteiger partial charge is 0.255 e. The summed E-state index contributed by atoms with van der Waals surface area (Å²) in [5, 5.41) is 2.52. The van der Waals surface area contributed by atoms with Crippen LogP contribution in [0.25, 0.3) is 0 Å². The third-order valence-electron chi connectivity index (χ3n) is 6.58. The summed E-state index contributed by atoms with van der Waals surface area (Å²) in [5.41, 5.74) is 2.48. The second kappa shape index (κ2) is 13.5. The van der Waals surface area contributed by atoms with Crippen LogP contribution in [0.5, 0.6) is 5.75 Å². The van der Waals surface area contributed by atoms with E-state index in [4.69, 9.17) is 4.74 Å². The second-order valence-electron chi connectivity index (χ2n) is 9.07. The first-order chi connectivity index (χ1) is 17.5. The molecule has 1 fully saturated rings. The van der Waals surface area contributed by atoms with E-state index in [1.54, 1.807) is 12.1 Å². The van der Waals surface area contributed by atoms with E-state index in [1.807, 2.05) is 12.1 Å². The Labute approximate surface area is 212 Å². The monoisotopic (exact) mass is 493 g/mol. The summed E-state index contributed by atoms with van der Waals surface area (Å²) >= 11 is 0. The van der Waals surface area contributed by atoms with Gasteiger partial charge in [0.15, 0.2) is 6.29 Å². The summed E-state index contributed by atoms with van der Waals surface area (Å²) in [5.74, 6) is -0.577. The van der Waals surface area contributed by atoms with Crippen molar-refractivity contribution in [2.45, 2.75) is 51.3 Å². The number of hydrogen-bond acceptors (Lipinski definition) is 6. The molecule has 1 saturated heterocycles. The number of carbonyl (C=O) groups is 4. The van der Waals surface area contributed by atoms with Gasteiger partial charge in [-0.1, -0.05) is 36.8 Å². The van der Waals surface area contributed by atoms with E-state index in [1.165, 1.54) is 49.9 Å². The molecule has 0 radical (unpaired) electrons. The lowest BCUT2D eigenvalue weighted by Crippen LogP contribution is -2.47. The number of nitrogens with one attached hydrogen (secondary N) is 1. The molecule has 2 aromatic rings. The van der Waals surface area contributed by atoms with Crippen molar-refractivity contribution in [1.82, 2.24) is 15.1 Å². The quantitative estimate of drug-likeness (QED) is 0.456. The first kappa shape index (κ1) is 27.1. The number of benzene rings is 2. The first-order valence-corrected chi connectivity index (χ1v) is 12.4. The molecule has 36 heavy (non-hydrogen) atoms. The lowest BCUT2D eigenvalue weighted by atomic mass is 10.0. The van der Waals surface area contributed by atoms with Crippen LogP contribution >= 0.6 is 0 Å². The number of amides is 2. The Morgan fingerprint density at radius 3 is 2.39 bits per heavy atom. The third-order valence-corrected chi connectivity index (χ3v) is 6.58. The van der Waals surface area contributed by atoms with Crippen LogP contribution in [-0.2, 0) is 22.7 Å². The molecule has 192 valence electrons. The van der Waals surface area contributed by atoms with Crippen molar-refractivity contribution in [3.8, 4) is 5.75 Å². The van der Waals surface area contributed by atoms with Gasteiger partial charge < -0.3 is 19.7 Å². The minimum absolute atomic E-state index is 0.127. The Bertz CT molecular complexity index is 1050. The van der Waals surface area contributed by atoms with Crippen molar-refractivity contribution in [3.63, 3.8) is 0 Å². The van der Waals surface area contributed by atoms with Gasteiger partial charge in [0.2, 0.25) is 5.91 Å². The van der Waals surface area contributed by atoms with E-state index in [2.05, 4.69) is 22.3 Å². The van der Waals surface area contributed by atoms with Gasteiger partial charge in [-0.2, -0.15) is 0 Å². The van der Waals surface area contributed by atoms with Gasteiger partial charge in [-0.15, -0.1) is 0 Å². The summed E-state index contributed by atoms with van der Waals surface area (Å²) in [7, 11) is 2.96. The molecule has 0 spiro atoms. The molecule has 0 aliphatic carbocycles. The van der Waals surface area contributed by atoms with Crippen LogP contribution < -0.4 is 10.1 Å². The molecule has 1 N–H and O–H groups in total. The summed E-state index contributed by atoms with van der Waals surface area (Å²) in [6.07, 6.45) is 5.45. The molecule has 8 nitrogen and oxygen atoms in total. The SMILES string of the molecule is CNC(=O)C(CCC=O)N(C)C(=O)c1cccc(OCc2ccc(CN3CCCCC3)cc2)c1C=O.